The second-order valence-electron chi connectivity index (χ2n) is 6.99. The van der Waals surface area contributed by atoms with Crippen LogP contribution < -0.4 is 21.8 Å². The molecule has 35 heavy (non-hydrogen) atoms. The lowest BCUT2D eigenvalue weighted by atomic mass is 10.1. The van der Waals surface area contributed by atoms with E-state index in [1.165, 1.54) is 51.8 Å². The molecule has 2 heterocycles. The topological polar surface area (TPSA) is 165 Å². The maximum atomic E-state index is 13.2. The molecule has 2 aromatic heterocycles. The van der Waals surface area contributed by atoms with Gasteiger partial charge in [-0.25, -0.2) is 24.9 Å². The van der Waals surface area contributed by atoms with Gasteiger partial charge >= 0.3 is 12.2 Å². The number of imidazole rings is 1. The van der Waals surface area contributed by atoms with Crippen molar-refractivity contribution >= 4 is 29.3 Å². The zero-order valence-electron chi connectivity index (χ0n) is 17.5. The van der Waals surface area contributed by atoms with Crippen molar-refractivity contribution in [2.75, 3.05) is 16.4 Å². The number of nitrogens with one attached hydrogen (secondary N) is 3. The lowest BCUT2D eigenvalue weighted by Crippen LogP contribution is -2.21. The van der Waals surface area contributed by atoms with Crippen LogP contribution in [-0.4, -0.2) is 41.5 Å². The molecule has 0 radical (unpaired) electrons. The number of carbonyl (C=O) groups excluding carboxylic acids is 2. The lowest BCUT2D eigenvalue weighted by Gasteiger charge is -2.15. The van der Waals surface area contributed by atoms with E-state index in [0.29, 0.717) is 11.4 Å². The number of hydrogen-bond acceptors (Lipinski definition) is 7. The predicted octanol–water partition coefficient (Wildman–Crippen LogP) is 2.82. The van der Waals surface area contributed by atoms with Gasteiger partial charge in [0.2, 0.25) is 5.95 Å². The monoisotopic (exact) mass is 487 g/mol. The van der Waals surface area contributed by atoms with E-state index in [-0.39, 0.29) is 23.0 Å². The number of anilines is 3. The molecule has 0 saturated carbocycles. The molecule has 12 nitrogen and oxygen atoms in total. The van der Waals surface area contributed by atoms with Crippen molar-refractivity contribution in [3.05, 3.63) is 72.6 Å². The Balaban J connectivity index is 1.52. The normalized spacial score (nSPS) is 11.2. The standard InChI is InChI=1S/C20H16F3N9O3/c21-20(22,23)11-1-6-16(32-10-25-9-26-32)14(7-11)29-19(34)27-12-2-4-13(5-3-12)31-8-15(17(33)30-35)28-18(31)24/h1-10,35H,(H2,24,28)(H,30,33)(H2,27,29,34). The number of nitrogens with zero attached hydrogens (tertiary/aromatic N) is 5. The Kier molecular flexibility index (Phi) is 6.07. The largest absolute Gasteiger partial charge is 0.416 e. The minimum absolute atomic E-state index is 0.0211. The molecule has 4 rings (SSSR count). The van der Waals surface area contributed by atoms with Gasteiger partial charge in [-0.15, -0.1) is 0 Å². The van der Waals surface area contributed by atoms with E-state index in [2.05, 4.69) is 25.7 Å². The Hall–Kier alpha value is -4.92. The van der Waals surface area contributed by atoms with E-state index < -0.39 is 23.7 Å². The summed E-state index contributed by atoms with van der Waals surface area (Å²) < 4.78 is 42.1. The van der Waals surface area contributed by atoms with Crippen LogP contribution in [0.1, 0.15) is 16.1 Å². The Bertz CT molecular complexity index is 1370. The molecule has 180 valence electrons. The fourth-order valence-electron chi connectivity index (χ4n) is 3.10. The van der Waals surface area contributed by atoms with Crippen LogP contribution in [0.4, 0.5) is 35.3 Å². The van der Waals surface area contributed by atoms with E-state index in [1.54, 1.807) is 12.1 Å². The van der Waals surface area contributed by atoms with Crippen molar-refractivity contribution in [2.45, 2.75) is 6.18 Å². The van der Waals surface area contributed by atoms with E-state index >= 15 is 0 Å². The Morgan fingerprint density at radius 1 is 1.06 bits per heavy atom. The average molecular weight is 487 g/mol. The summed E-state index contributed by atoms with van der Waals surface area (Å²) in [5.74, 6) is -0.863. The van der Waals surface area contributed by atoms with Crippen molar-refractivity contribution in [3.8, 4) is 11.4 Å². The number of hydroxylamine groups is 1. The Morgan fingerprint density at radius 2 is 1.80 bits per heavy atom. The zero-order chi connectivity index (χ0) is 25.2. The number of carbonyl (C=O) groups is 2. The predicted molar refractivity (Wildman–Crippen MR) is 116 cm³/mol. The SMILES string of the molecule is Nc1nc(C(=O)NO)cn1-c1ccc(NC(=O)Nc2cc(C(F)(F)F)ccc2-n2cncn2)cc1. The van der Waals surface area contributed by atoms with E-state index in [9.17, 15) is 22.8 Å². The smallest absolute Gasteiger partial charge is 0.369 e. The molecule has 0 saturated heterocycles. The summed E-state index contributed by atoms with van der Waals surface area (Å²) in [7, 11) is 0. The Labute approximate surface area is 194 Å². The van der Waals surface area contributed by atoms with Crippen LogP contribution >= 0.6 is 0 Å². The van der Waals surface area contributed by atoms with Gasteiger partial charge in [-0.2, -0.15) is 18.3 Å². The third-order valence-corrected chi connectivity index (χ3v) is 4.71. The molecule has 0 bridgehead atoms. The first-order valence-corrected chi connectivity index (χ1v) is 9.69. The number of urea groups is 1. The van der Waals surface area contributed by atoms with Crippen molar-refractivity contribution < 1.29 is 28.0 Å². The molecule has 0 unspecified atom stereocenters. The molecule has 0 spiro atoms. The third kappa shape index (κ3) is 5.03. The fourth-order valence-corrected chi connectivity index (χ4v) is 3.10. The van der Waals surface area contributed by atoms with Gasteiger partial charge in [0.1, 0.15) is 12.7 Å². The summed E-state index contributed by atoms with van der Waals surface area (Å²) in [6.07, 6.45) is -0.830. The number of benzene rings is 2. The number of amides is 3. The molecule has 0 aliphatic carbocycles. The minimum atomic E-state index is -4.61. The van der Waals surface area contributed by atoms with Gasteiger partial charge in [0, 0.05) is 17.6 Å². The highest BCUT2D eigenvalue weighted by atomic mass is 19.4. The number of halogens is 3. The number of nitrogens with two attached hydrogens (primary N) is 1. The van der Waals surface area contributed by atoms with E-state index in [1.807, 2.05) is 0 Å². The summed E-state index contributed by atoms with van der Waals surface area (Å²) in [5.41, 5.74) is 7.02. The average Bonchev–Trinajstić information content (AvgIpc) is 3.48. The first-order valence-electron chi connectivity index (χ1n) is 9.69. The quantitative estimate of drug-likeness (QED) is 0.213. The lowest BCUT2D eigenvalue weighted by molar-refractivity contribution is -0.137. The van der Waals surface area contributed by atoms with Crippen molar-refractivity contribution in [2.24, 2.45) is 0 Å². The first kappa shape index (κ1) is 23.2. The number of alkyl halides is 3. The molecular formula is C20H16F3N9O3. The second-order valence-corrected chi connectivity index (χ2v) is 6.99. The highest BCUT2D eigenvalue weighted by Crippen LogP contribution is 2.33. The van der Waals surface area contributed by atoms with Crippen molar-refractivity contribution in [1.82, 2.24) is 29.8 Å². The second kappa shape index (κ2) is 9.14. The molecule has 0 aliphatic heterocycles. The summed E-state index contributed by atoms with van der Waals surface area (Å²) in [6.45, 7) is 0. The molecular weight excluding hydrogens is 471 g/mol. The summed E-state index contributed by atoms with van der Waals surface area (Å²) in [5, 5.41) is 17.5. The molecule has 3 amide bonds. The molecule has 2 aromatic carbocycles. The molecule has 0 aliphatic rings. The van der Waals surface area contributed by atoms with Gasteiger partial charge in [0.25, 0.3) is 5.91 Å². The Morgan fingerprint density at radius 3 is 2.43 bits per heavy atom. The molecule has 4 aromatic rings. The number of nitrogen functional groups attached to an aromatic ring is 1. The van der Waals surface area contributed by atoms with Crippen LogP contribution in [0.15, 0.2) is 61.3 Å². The van der Waals surface area contributed by atoms with Crippen LogP contribution in [0.25, 0.3) is 11.4 Å². The first-order chi connectivity index (χ1) is 16.7. The maximum absolute atomic E-state index is 13.2. The molecule has 0 fully saturated rings. The van der Waals surface area contributed by atoms with Crippen molar-refractivity contribution in [1.29, 1.82) is 0 Å². The van der Waals surface area contributed by atoms with Crippen molar-refractivity contribution in [3.63, 3.8) is 0 Å². The highest BCUT2D eigenvalue weighted by Gasteiger charge is 2.31. The van der Waals surface area contributed by atoms with E-state index in [0.717, 1.165) is 12.1 Å². The van der Waals surface area contributed by atoms with Gasteiger partial charge < -0.3 is 16.4 Å². The fraction of sp³-hybridized carbons (Fsp3) is 0.0500. The number of aromatic nitrogens is 5. The molecule has 6 N–H and O–H groups in total. The van der Waals surface area contributed by atoms with Gasteiger partial charge in [-0.1, -0.05) is 0 Å². The van der Waals surface area contributed by atoms with Crippen LogP contribution in [0.5, 0.6) is 0 Å². The van der Waals surface area contributed by atoms with Crippen LogP contribution in [-0.2, 0) is 6.18 Å². The van der Waals surface area contributed by atoms with Crippen LogP contribution in [0.3, 0.4) is 0 Å². The van der Waals surface area contributed by atoms with Gasteiger partial charge in [0.05, 0.1) is 16.9 Å². The molecule has 15 heteroatoms. The summed E-state index contributed by atoms with van der Waals surface area (Å²) in [4.78, 5) is 31.6. The van der Waals surface area contributed by atoms with Crippen LogP contribution in [0.2, 0.25) is 0 Å². The number of hydrogen-bond donors (Lipinski definition) is 5. The zero-order valence-corrected chi connectivity index (χ0v) is 17.5. The molecule has 0 atom stereocenters. The third-order valence-electron chi connectivity index (χ3n) is 4.71. The van der Waals surface area contributed by atoms with Gasteiger partial charge in [0.15, 0.2) is 5.69 Å². The number of rotatable bonds is 5. The van der Waals surface area contributed by atoms with Gasteiger partial charge in [-0.3, -0.25) is 14.6 Å². The summed E-state index contributed by atoms with van der Waals surface area (Å²) in [6, 6.07) is 8.15. The van der Waals surface area contributed by atoms with E-state index in [4.69, 9.17) is 10.9 Å². The van der Waals surface area contributed by atoms with Crippen LogP contribution in [0, 0.1) is 0 Å². The minimum Gasteiger partial charge on any atom is -0.369 e. The maximum Gasteiger partial charge on any atom is 0.416 e. The summed E-state index contributed by atoms with van der Waals surface area (Å²) >= 11 is 0. The van der Waals surface area contributed by atoms with Gasteiger partial charge in [-0.05, 0) is 42.5 Å². The highest BCUT2D eigenvalue weighted by molar-refractivity contribution is 6.01.